The summed E-state index contributed by atoms with van der Waals surface area (Å²) >= 11 is 0. The molecule has 0 aliphatic rings. The van der Waals surface area contributed by atoms with Crippen molar-refractivity contribution in [3.05, 3.63) is 6.07 Å². The largest absolute Gasteiger partial charge is 0.368 e. The third-order valence-corrected chi connectivity index (χ3v) is 2.01. The zero-order valence-electron chi connectivity index (χ0n) is 8.65. The molecule has 0 amide bonds. The Balaban J connectivity index is 3.02. The van der Waals surface area contributed by atoms with Crippen molar-refractivity contribution >= 4 is 17.6 Å². The van der Waals surface area contributed by atoms with Gasteiger partial charge in [-0.3, -0.25) is 0 Å². The molecular weight excluding hydrogens is 180 g/mol. The first-order valence-corrected chi connectivity index (χ1v) is 4.38. The molecule has 0 fully saturated rings. The average molecular weight is 196 g/mol. The van der Waals surface area contributed by atoms with Crippen LogP contribution in [0.4, 0.5) is 17.6 Å². The SMILES string of the molecule is CC(C)N(C)c1cc(NN)nc(N)n1. The molecule has 0 aliphatic heterocycles. The summed E-state index contributed by atoms with van der Waals surface area (Å²) < 4.78 is 0. The van der Waals surface area contributed by atoms with E-state index in [1.165, 1.54) is 0 Å². The van der Waals surface area contributed by atoms with E-state index in [1.54, 1.807) is 6.07 Å². The van der Waals surface area contributed by atoms with Crippen LogP contribution in [0.5, 0.6) is 0 Å². The van der Waals surface area contributed by atoms with Crippen molar-refractivity contribution in [2.45, 2.75) is 19.9 Å². The number of nitrogens with zero attached hydrogens (tertiary/aromatic N) is 3. The van der Waals surface area contributed by atoms with Gasteiger partial charge in [0.15, 0.2) is 0 Å². The molecule has 1 rings (SSSR count). The highest BCUT2D eigenvalue weighted by Crippen LogP contribution is 2.16. The van der Waals surface area contributed by atoms with E-state index in [2.05, 4.69) is 29.2 Å². The highest BCUT2D eigenvalue weighted by atomic mass is 15.3. The van der Waals surface area contributed by atoms with Crippen LogP contribution in [0.25, 0.3) is 0 Å². The Morgan fingerprint density at radius 2 is 2.07 bits per heavy atom. The summed E-state index contributed by atoms with van der Waals surface area (Å²) in [6.45, 7) is 4.13. The third kappa shape index (κ3) is 2.23. The number of nitrogen functional groups attached to an aromatic ring is 2. The molecule has 78 valence electrons. The maximum Gasteiger partial charge on any atom is 0.223 e. The summed E-state index contributed by atoms with van der Waals surface area (Å²) in [6.07, 6.45) is 0. The Bertz CT molecular complexity index is 311. The number of aromatic nitrogens is 2. The Hall–Kier alpha value is -1.56. The molecule has 0 saturated carbocycles. The highest BCUT2D eigenvalue weighted by Gasteiger charge is 2.08. The number of anilines is 3. The predicted octanol–water partition coefficient (Wildman–Crippen LogP) is 0.189. The molecule has 1 aromatic rings. The number of hydrogen-bond donors (Lipinski definition) is 3. The lowest BCUT2D eigenvalue weighted by Crippen LogP contribution is -2.27. The lowest BCUT2D eigenvalue weighted by molar-refractivity contribution is 0.742. The van der Waals surface area contributed by atoms with Crippen molar-refractivity contribution in [2.75, 3.05) is 23.1 Å². The molecular formula is C8H16N6. The van der Waals surface area contributed by atoms with Gasteiger partial charge in [-0.05, 0) is 13.8 Å². The summed E-state index contributed by atoms with van der Waals surface area (Å²) in [5.74, 6) is 6.72. The standard InChI is InChI=1S/C8H16N6/c1-5(2)14(3)7-4-6(13-10)11-8(9)12-7/h4-5H,10H2,1-3H3,(H3,9,11,12,13). The van der Waals surface area contributed by atoms with E-state index in [4.69, 9.17) is 11.6 Å². The van der Waals surface area contributed by atoms with Crippen LogP contribution < -0.4 is 21.9 Å². The van der Waals surface area contributed by atoms with E-state index < -0.39 is 0 Å². The first-order valence-electron chi connectivity index (χ1n) is 4.38. The molecule has 0 spiro atoms. The second-order valence-electron chi connectivity index (χ2n) is 3.32. The van der Waals surface area contributed by atoms with Crippen molar-refractivity contribution in [1.82, 2.24) is 9.97 Å². The van der Waals surface area contributed by atoms with E-state index in [-0.39, 0.29) is 5.95 Å². The molecule has 0 aromatic carbocycles. The van der Waals surface area contributed by atoms with Gasteiger partial charge < -0.3 is 16.1 Å². The topological polar surface area (TPSA) is 93.1 Å². The van der Waals surface area contributed by atoms with Gasteiger partial charge in [0.2, 0.25) is 5.95 Å². The lowest BCUT2D eigenvalue weighted by atomic mass is 10.3. The van der Waals surface area contributed by atoms with Crippen LogP contribution in [0.15, 0.2) is 6.07 Å². The van der Waals surface area contributed by atoms with Crippen LogP contribution in [0.1, 0.15) is 13.8 Å². The smallest absolute Gasteiger partial charge is 0.223 e. The van der Waals surface area contributed by atoms with Gasteiger partial charge in [0.1, 0.15) is 11.6 Å². The number of hydrogen-bond acceptors (Lipinski definition) is 6. The minimum atomic E-state index is 0.211. The average Bonchev–Trinajstić information content (AvgIpc) is 2.15. The van der Waals surface area contributed by atoms with E-state index in [1.807, 2.05) is 11.9 Å². The van der Waals surface area contributed by atoms with Crippen LogP contribution in [0.2, 0.25) is 0 Å². The molecule has 0 aliphatic carbocycles. The molecule has 0 bridgehead atoms. The lowest BCUT2D eigenvalue weighted by Gasteiger charge is -2.22. The molecule has 0 unspecified atom stereocenters. The molecule has 6 nitrogen and oxygen atoms in total. The molecule has 6 heteroatoms. The summed E-state index contributed by atoms with van der Waals surface area (Å²) in [4.78, 5) is 9.98. The summed E-state index contributed by atoms with van der Waals surface area (Å²) in [5, 5.41) is 0. The van der Waals surface area contributed by atoms with Crippen molar-refractivity contribution in [1.29, 1.82) is 0 Å². The van der Waals surface area contributed by atoms with Crippen LogP contribution >= 0.6 is 0 Å². The fourth-order valence-corrected chi connectivity index (χ4v) is 0.972. The summed E-state index contributed by atoms with van der Waals surface area (Å²) in [6, 6.07) is 2.09. The zero-order valence-corrected chi connectivity index (χ0v) is 8.65. The Labute approximate surface area is 83.3 Å². The van der Waals surface area contributed by atoms with Crippen molar-refractivity contribution < 1.29 is 0 Å². The molecule has 0 radical (unpaired) electrons. The van der Waals surface area contributed by atoms with E-state index >= 15 is 0 Å². The van der Waals surface area contributed by atoms with Gasteiger partial charge in [-0.15, -0.1) is 0 Å². The molecule has 0 atom stereocenters. The normalized spacial score (nSPS) is 10.4. The Morgan fingerprint density at radius 1 is 1.43 bits per heavy atom. The monoisotopic (exact) mass is 196 g/mol. The van der Waals surface area contributed by atoms with Gasteiger partial charge in [0.25, 0.3) is 0 Å². The maximum absolute atomic E-state index is 5.53. The van der Waals surface area contributed by atoms with Gasteiger partial charge in [0, 0.05) is 19.2 Å². The molecule has 1 aromatic heterocycles. The highest BCUT2D eigenvalue weighted by molar-refractivity contribution is 5.51. The fraction of sp³-hybridized carbons (Fsp3) is 0.500. The summed E-state index contributed by atoms with van der Waals surface area (Å²) in [7, 11) is 1.94. The third-order valence-electron chi connectivity index (χ3n) is 2.01. The van der Waals surface area contributed by atoms with Crippen molar-refractivity contribution in [3.63, 3.8) is 0 Å². The Kier molecular flexibility index (Phi) is 3.08. The van der Waals surface area contributed by atoms with Crippen molar-refractivity contribution in [2.24, 2.45) is 5.84 Å². The number of rotatable bonds is 3. The fourth-order valence-electron chi connectivity index (χ4n) is 0.972. The van der Waals surface area contributed by atoms with Gasteiger partial charge in [0.05, 0.1) is 0 Å². The van der Waals surface area contributed by atoms with Crippen molar-refractivity contribution in [3.8, 4) is 0 Å². The predicted molar refractivity (Wildman–Crippen MR) is 57.8 cm³/mol. The first-order chi connectivity index (χ1) is 6.54. The number of hydrazine groups is 1. The second-order valence-corrected chi connectivity index (χ2v) is 3.32. The first kappa shape index (κ1) is 10.5. The van der Waals surface area contributed by atoms with Crippen LogP contribution in [0, 0.1) is 0 Å². The number of nitrogens with two attached hydrogens (primary N) is 2. The second kappa shape index (κ2) is 4.10. The minimum absolute atomic E-state index is 0.211. The number of nitrogens with one attached hydrogen (secondary N) is 1. The van der Waals surface area contributed by atoms with E-state index in [9.17, 15) is 0 Å². The van der Waals surface area contributed by atoms with Gasteiger partial charge in [-0.25, -0.2) is 5.84 Å². The Morgan fingerprint density at radius 3 is 2.57 bits per heavy atom. The molecule has 0 saturated heterocycles. The molecule has 14 heavy (non-hydrogen) atoms. The van der Waals surface area contributed by atoms with E-state index in [0.29, 0.717) is 11.9 Å². The zero-order chi connectivity index (χ0) is 10.7. The van der Waals surface area contributed by atoms with Gasteiger partial charge in [-0.2, -0.15) is 9.97 Å². The summed E-state index contributed by atoms with van der Waals surface area (Å²) in [5.41, 5.74) is 7.97. The van der Waals surface area contributed by atoms with Gasteiger partial charge in [-0.1, -0.05) is 0 Å². The van der Waals surface area contributed by atoms with Crippen LogP contribution in [-0.2, 0) is 0 Å². The van der Waals surface area contributed by atoms with Gasteiger partial charge >= 0.3 is 0 Å². The van der Waals surface area contributed by atoms with E-state index in [0.717, 1.165) is 5.82 Å². The van der Waals surface area contributed by atoms with Crippen LogP contribution in [0.3, 0.4) is 0 Å². The van der Waals surface area contributed by atoms with Crippen LogP contribution in [-0.4, -0.2) is 23.1 Å². The quantitative estimate of drug-likeness (QED) is 0.472. The molecule has 1 heterocycles. The molecule has 5 N–H and O–H groups in total. The maximum atomic E-state index is 5.53. The minimum Gasteiger partial charge on any atom is -0.368 e.